The first-order valence-electron chi connectivity index (χ1n) is 7.87. The second-order valence-electron chi connectivity index (χ2n) is 4.53. The van der Waals surface area contributed by atoms with Gasteiger partial charge in [0.1, 0.15) is 5.78 Å². The predicted molar refractivity (Wildman–Crippen MR) is 86.0 cm³/mol. The van der Waals surface area contributed by atoms with Crippen LogP contribution in [0.5, 0.6) is 0 Å². The molecule has 1 aromatic rings. The molecule has 0 bridgehead atoms. The van der Waals surface area contributed by atoms with Crippen LogP contribution in [0.4, 0.5) is 0 Å². The summed E-state index contributed by atoms with van der Waals surface area (Å²) in [5.74, 6) is 0.911. The summed E-state index contributed by atoms with van der Waals surface area (Å²) in [6, 6.07) is 4.20. The second kappa shape index (κ2) is 11.6. The molecule has 1 aromatic heterocycles. The number of nitrogens with zero attached hydrogens (tertiary/aromatic N) is 2. The first kappa shape index (κ1) is 18.8. The number of piperidine rings is 1. The molecule has 1 fully saturated rings. The molecule has 1 saturated heterocycles. The smallest absolute Gasteiger partial charge is 0.143 e. The monoisotopic (exact) mass is 278 g/mol. The minimum absolute atomic E-state index is 0.266. The largest absolute Gasteiger partial charge is 0.299 e. The fraction of sp³-hybridized carbons (Fsp3) is 0.647. The van der Waals surface area contributed by atoms with Crippen LogP contribution in [0.1, 0.15) is 58.9 Å². The van der Waals surface area contributed by atoms with Crippen LogP contribution < -0.4 is 0 Å². The number of hydrogen-bond donors (Lipinski definition) is 0. The first-order chi connectivity index (χ1) is 9.75. The molecule has 0 radical (unpaired) electrons. The van der Waals surface area contributed by atoms with Gasteiger partial charge in [-0.2, -0.15) is 0 Å². The van der Waals surface area contributed by atoms with Crippen LogP contribution in [0.2, 0.25) is 0 Å². The van der Waals surface area contributed by atoms with E-state index in [2.05, 4.69) is 22.0 Å². The third-order valence-corrected chi connectivity index (χ3v) is 3.21. The molecule has 1 aliphatic heterocycles. The van der Waals surface area contributed by atoms with Crippen molar-refractivity contribution in [2.45, 2.75) is 53.4 Å². The van der Waals surface area contributed by atoms with Gasteiger partial charge in [0.2, 0.25) is 0 Å². The van der Waals surface area contributed by atoms with Crippen molar-refractivity contribution in [3.8, 4) is 0 Å². The van der Waals surface area contributed by atoms with Crippen LogP contribution >= 0.6 is 0 Å². The highest BCUT2D eigenvalue weighted by Gasteiger charge is 2.20. The van der Waals surface area contributed by atoms with Crippen LogP contribution in [0.25, 0.3) is 0 Å². The molecule has 1 aliphatic rings. The summed E-state index contributed by atoms with van der Waals surface area (Å²) in [5.41, 5.74) is 1.39. The molecule has 2 heterocycles. The van der Waals surface area contributed by atoms with Gasteiger partial charge in [0.25, 0.3) is 0 Å². The third kappa shape index (κ3) is 6.80. The standard InChI is InChI=1S/C13H18N2O.2C2H6/c1-11(16)10-15-8-4-13(5-9-15)12-2-6-14-7-3-12;2*1-2/h2-3,6-7,13H,4-5,8-10H2,1H3;2*1-2H3. The summed E-state index contributed by atoms with van der Waals surface area (Å²) >= 11 is 0. The zero-order chi connectivity index (χ0) is 15.4. The topological polar surface area (TPSA) is 33.2 Å². The average molecular weight is 278 g/mol. The van der Waals surface area contributed by atoms with Gasteiger partial charge in [-0.1, -0.05) is 27.7 Å². The number of carbonyl (C=O) groups excluding carboxylic acids is 1. The number of carbonyl (C=O) groups is 1. The minimum atomic E-state index is 0.266. The molecule has 0 saturated carbocycles. The van der Waals surface area contributed by atoms with Gasteiger partial charge in [0.05, 0.1) is 6.54 Å². The maximum Gasteiger partial charge on any atom is 0.143 e. The Balaban J connectivity index is 0.000000829. The molecule has 0 aliphatic carbocycles. The highest BCUT2D eigenvalue weighted by atomic mass is 16.1. The molecule has 20 heavy (non-hydrogen) atoms. The maximum absolute atomic E-state index is 11.0. The van der Waals surface area contributed by atoms with Crippen LogP contribution in [0, 0.1) is 0 Å². The lowest BCUT2D eigenvalue weighted by atomic mass is 9.90. The summed E-state index contributed by atoms with van der Waals surface area (Å²) in [6.45, 7) is 12.3. The van der Waals surface area contributed by atoms with Crippen molar-refractivity contribution in [3.63, 3.8) is 0 Å². The lowest BCUT2D eigenvalue weighted by molar-refractivity contribution is -0.118. The average Bonchev–Trinajstić information content (AvgIpc) is 2.52. The Bertz CT molecular complexity index is 343. The number of hydrogen-bond acceptors (Lipinski definition) is 3. The van der Waals surface area contributed by atoms with Crippen molar-refractivity contribution in [1.82, 2.24) is 9.88 Å². The van der Waals surface area contributed by atoms with E-state index in [9.17, 15) is 4.79 Å². The van der Waals surface area contributed by atoms with Crippen molar-refractivity contribution < 1.29 is 4.79 Å². The van der Waals surface area contributed by atoms with E-state index in [-0.39, 0.29) is 5.78 Å². The van der Waals surface area contributed by atoms with Crippen LogP contribution in [-0.2, 0) is 4.79 Å². The van der Waals surface area contributed by atoms with Crippen molar-refractivity contribution in [2.24, 2.45) is 0 Å². The van der Waals surface area contributed by atoms with E-state index < -0.39 is 0 Å². The Labute approximate surface area is 124 Å². The van der Waals surface area contributed by atoms with E-state index in [0.717, 1.165) is 25.9 Å². The van der Waals surface area contributed by atoms with Gasteiger partial charge in [-0.05, 0) is 56.5 Å². The van der Waals surface area contributed by atoms with Crippen LogP contribution in [0.15, 0.2) is 24.5 Å². The first-order valence-corrected chi connectivity index (χ1v) is 7.87. The van der Waals surface area contributed by atoms with Crippen molar-refractivity contribution in [1.29, 1.82) is 0 Å². The highest BCUT2D eigenvalue weighted by molar-refractivity contribution is 5.77. The minimum Gasteiger partial charge on any atom is -0.299 e. The van der Waals surface area contributed by atoms with Gasteiger partial charge >= 0.3 is 0 Å². The van der Waals surface area contributed by atoms with Gasteiger partial charge in [-0.3, -0.25) is 14.7 Å². The number of rotatable bonds is 3. The zero-order valence-electron chi connectivity index (χ0n) is 13.7. The van der Waals surface area contributed by atoms with Gasteiger partial charge in [-0.25, -0.2) is 0 Å². The summed E-state index contributed by atoms with van der Waals surface area (Å²) in [6.07, 6.45) is 6.02. The van der Waals surface area contributed by atoms with Crippen molar-refractivity contribution >= 4 is 5.78 Å². The number of ketones is 1. The normalized spacial score (nSPS) is 15.4. The number of Topliss-reactive ketones (excluding diaryl/α,β-unsaturated/α-hetero) is 1. The van der Waals surface area contributed by atoms with Gasteiger partial charge in [0, 0.05) is 12.4 Å². The fourth-order valence-corrected chi connectivity index (χ4v) is 2.37. The van der Waals surface area contributed by atoms with E-state index in [0.29, 0.717) is 12.5 Å². The van der Waals surface area contributed by atoms with Crippen molar-refractivity contribution in [2.75, 3.05) is 19.6 Å². The second-order valence-corrected chi connectivity index (χ2v) is 4.53. The summed E-state index contributed by atoms with van der Waals surface area (Å²) in [4.78, 5) is 17.3. The Hall–Kier alpha value is -1.22. The lowest BCUT2D eigenvalue weighted by Gasteiger charge is -2.31. The molecular weight excluding hydrogens is 248 g/mol. The van der Waals surface area contributed by atoms with Gasteiger partial charge < -0.3 is 0 Å². The molecule has 3 nitrogen and oxygen atoms in total. The van der Waals surface area contributed by atoms with E-state index in [1.165, 1.54) is 5.56 Å². The molecule has 3 heteroatoms. The lowest BCUT2D eigenvalue weighted by Crippen LogP contribution is -2.36. The van der Waals surface area contributed by atoms with E-state index >= 15 is 0 Å². The zero-order valence-corrected chi connectivity index (χ0v) is 13.7. The molecule has 0 unspecified atom stereocenters. The third-order valence-electron chi connectivity index (χ3n) is 3.21. The predicted octanol–water partition coefficient (Wildman–Crippen LogP) is 3.90. The quantitative estimate of drug-likeness (QED) is 0.840. The highest BCUT2D eigenvalue weighted by Crippen LogP contribution is 2.27. The number of aromatic nitrogens is 1. The van der Waals surface area contributed by atoms with Gasteiger partial charge in [0.15, 0.2) is 0 Å². The molecule has 0 aromatic carbocycles. The van der Waals surface area contributed by atoms with Crippen molar-refractivity contribution in [3.05, 3.63) is 30.1 Å². The number of likely N-dealkylation sites (tertiary alicyclic amines) is 1. The molecule has 114 valence electrons. The van der Waals surface area contributed by atoms with E-state index in [4.69, 9.17) is 0 Å². The Kier molecular flexibility index (Phi) is 10.9. The molecule has 0 amide bonds. The Morgan fingerprint density at radius 1 is 1.15 bits per heavy atom. The molecular formula is C17H30N2O. The molecule has 2 rings (SSSR count). The summed E-state index contributed by atoms with van der Waals surface area (Å²) < 4.78 is 0. The fourth-order valence-electron chi connectivity index (χ4n) is 2.37. The SMILES string of the molecule is CC.CC.CC(=O)CN1CCC(c2ccncc2)CC1. The Morgan fingerprint density at radius 3 is 2.10 bits per heavy atom. The molecule has 0 atom stereocenters. The van der Waals surface area contributed by atoms with E-state index in [1.807, 2.05) is 40.1 Å². The number of pyridine rings is 1. The summed E-state index contributed by atoms with van der Waals surface area (Å²) in [7, 11) is 0. The Morgan fingerprint density at radius 2 is 1.65 bits per heavy atom. The molecule has 0 spiro atoms. The summed E-state index contributed by atoms with van der Waals surface area (Å²) in [5, 5.41) is 0. The molecule has 0 N–H and O–H groups in total. The van der Waals surface area contributed by atoms with E-state index in [1.54, 1.807) is 6.92 Å². The van der Waals surface area contributed by atoms with Crippen LogP contribution in [0.3, 0.4) is 0 Å². The maximum atomic E-state index is 11.0. The van der Waals surface area contributed by atoms with Crippen LogP contribution in [-0.4, -0.2) is 35.3 Å². The van der Waals surface area contributed by atoms with Gasteiger partial charge in [-0.15, -0.1) is 0 Å².